The van der Waals surface area contributed by atoms with Gasteiger partial charge in [-0.25, -0.2) is 4.68 Å². The number of aryl methyl sites for hydroxylation is 1. The fourth-order valence-corrected chi connectivity index (χ4v) is 4.37. The summed E-state index contributed by atoms with van der Waals surface area (Å²) in [5.74, 6) is 0. The molecule has 4 rings (SSSR count). The molecule has 0 unspecified atom stereocenters. The van der Waals surface area contributed by atoms with Crippen LogP contribution in [0.1, 0.15) is 38.1 Å². The summed E-state index contributed by atoms with van der Waals surface area (Å²) in [4.78, 5) is 13.2. The third kappa shape index (κ3) is 2.73. The SMILES string of the molecule is Cn1c(=O)cc(Sc2nnnn2C2CCCCC2)c2ccccc21. The van der Waals surface area contributed by atoms with E-state index in [0.29, 0.717) is 6.04 Å². The van der Waals surface area contributed by atoms with Crippen molar-refractivity contribution < 1.29 is 0 Å². The Labute approximate surface area is 143 Å². The van der Waals surface area contributed by atoms with Gasteiger partial charge >= 0.3 is 0 Å². The lowest BCUT2D eigenvalue weighted by Crippen LogP contribution is -2.17. The second kappa shape index (κ2) is 6.39. The molecule has 124 valence electrons. The van der Waals surface area contributed by atoms with E-state index in [2.05, 4.69) is 15.5 Å². The van der Waals surface area contributed by atoms with E-state index in [1.165, 1.54) is 31.0 Å². The van der Waals surface area contributed by atoms with Gasteiger partial charge in [0, 0.05) is 23.4 Å². The van der Waals surface area contributed by atoms with Crippen LogP contribution in [-0.2, 0) is 7.05 Å². The Morgan fingerprint density at radius 2 is 1.96 bits per heavy atom. The van der Waals surface area contributed by atoms with Crippen molar-refractivity contribution in [3.05, 3.63) is 40.7 Å². The molecule has 3 aromatic rings. The van der Waals surface area contributed by atoms with E-state index in [-0.39, 0.29) is 5.56 Å². The standard InChI is InChI=1S/C17H19N5OS/c1-21-14-10-6-5-9-13(14)15(11-16(21)23)24-17-18-19-20-22(17)12-7-3-2-4-8-12/h5-6,9-12H,2-4,7-8H2,1H3. The van der Waals surface area contributed by atoms with Crippen molar-refractivity contribution in [2.45, 2.75) is 48.2 Å². The highest BCUT2D eigenvalue weighted by atomic mass is 32.2. The monoisotopic (exact) mass is 341 g/mol. The summed E-state index contributed by atoms with van der Waals surface area (Å²) in [6.07, 6.45) is 5.99. The Balaban J connectivity index is 1.75. The largest absolute Gasteiger partial charge is 0.311 e. The van der Waals surface area contributed by atoms with Crippen LogP contribution in [0.3, 0.4) is 0 Å². The molecule has 0 atom stereocenters. The number of fused-ring (bicyclic) bond motifs is 1. The minimum absolute atomic E-state index is 0.0205. The van der Waals surface area contributed by atoms with Gasteiger partial charge in [0.05, 0.1) is 11.6 Å². The summed E-state index contributed by atoms with van der Waals surface area (Å²) >= 11 is 1.48. The van der Waals surface area contributed by atoms with Crippen molar-refractivity contribution in [3.63, 3.8) is 0 Å². The third-order valence-corrected chi connectivity index (χ3v) is 5.71. The first-order chi connectivity index (χ1) is 11.7. The minimum atomic E-state index is -0.0205. The number of hydrogen-bond donors (Lipinski definition) is 0. The third-order valence-electron chi connectivity index (χ3n) is 4.70. The Hall–Kier alpha value is -2.15. The molecule has 7 heteroatoms. The summed E-state index contributed by atoms with van der Waals surface area (Å²) in [6.45, 7) is 0. The van der Waals surface area contributed by atoms with E-state index in [9.17, 15) is 4.79 Å². The molecule has 2 aromatic heterocycles. The molecular weight excluding hydrogens is 322 g/mol. The predicted octanol–water partition coefficient (Wildman–Crippen LogP) is 3.18. The Morgan fingerprint density at radius 1 is 1.17 bits per heavy atom. The highest BCUT2D eigenvalue weighted by Crippen LogP contribution is 2.35. The number of nitrogens with zero attached hydrogens (tertiary/aromatic N) is 5. The maximum atomic E-state index is 12.3. The summed E-state index contributed by atoms with van der Waals surface area (Å²) in [5, 5.41) is 14.1. The number of benzene rings is 1. The van der Waals surface area contributed by atoms with Gasteiger partial charge in [-0.05, 0) is 41.1 Å². The van der Waals surface area contributed by atoms with Crippen molar-refractivity contribution in [2.24, 2.45) is 7.05 Å². The van der Waals surface area contributed by atoms with Crippen LogP contribution < -0.4 is 5.56 Å². The normalized spacial score (nSPS) is 15.9. The van der Waals surface area contributed by atoms with Crippen LogP contribution in [-0.4, -0.2) is 24.8 Å². The fraction of sp³-hybridized carbons (Fsp3) is 0.412. The van der Waals surface area contributed by atoms with Crippen molar-refractivity contribution in [1.29, 1.82) is 0 Å². The molecule has 0 spiro atoms. The van der Waals surface area contributed by atoms with Crippen LogP contribution in [0, 0.1) is 0 Å². The second-order valence-corrected chi connectivity index (χ2v) is 7.23. The van der Waals surface area contributed by atoms with Crippen LogP contribution in [0.5, 0.6) is 0 Å². The van der Waals surface area contributed by atoms with Gasteiger partial charge in [-0.3, -0.25) is 4.79 Å². The van der Waals surface area contributed by atoms with Crippen molar-refractivity contribution in [1.82, 2.24) is 24.8 Å². The van der Waals surface area contributed by atoms with Crippen molar-refractivity contribution in [3.8, 4) is 0 Å². The first kappa shape index (κ1) is 15.4. The second-order valence-electron chi connectivity index (χ2n) is 6.22. The first-order valence-corrected chi connectivity index (χ1v) is 9.10. The molecule has 0 N–H and O–H groups in total. The zero-order valence-electron chi connectivity index (χ0n) is 13.6. The first-order valence-electron chi connectivity index (χ1n) is 8.28. The topological polar surface area (TPSA) is 65.6 Å². The van der Waals surface area contributed by atoms with E-state index in [1.54, 1.807) is 17.7 Å². The lowest BCUT2D eigenvalue weighted by Gasteiger charge is -2.22. The summed E-state index contributed by atoms with van der Waals surface area (Å²) < 4.78 is 3.61. The van der Waals surface area contributed by atoms with Crippen LogP contribution in [0.2, 0.25) is 0 Å². The van der Waals surface area contributed by atoms with E-state index < -0.39 is 0 Å². The molecule has 6 nitrogen and oxygen atoms in total. The zero-order valence-corrected chi connectivity index (χ0v) is 14.4. The van der Waals surface area contributed by atoms with Gasteiger partial charge in [-0.15, -0.1) is 5.10 Å². The van der Waals surface area contributed by atoms with Gasteiger partial charge in [0.15, 0.2) is 0 Å². The number of para-hydroxylation sites is 1. The molecule has 0 amide bonds. The molecule has 1 fully saturated rings. The maximum absolute atomic E-state index is 12.3. The van der Waals surface area contributed by atoms with E-state index in [0.717, 1.165) is 33.8 Å². The molecule has 24 heavy (non-hydrogen) atoms. The lowest BCUT2D eigenvalue weighted by atomic mass is 9.96. The number of hydrogen-bond acceptors (Lipinski definition) is 5. The molecule has 0 saturated heterocycles. The average molecular weight is 341 g/mol. The molecule has 1 aromatic carbocycles. The molecule has 0 bridgehead atoms. The molecule has 1 saturated carbocycles. The van der Waals surface area contributed by atoms with Crippen LogP contribution in [0.4, 0.5) is 0 Å². The molecule has 0 radical (unpaired) electrons. The van der Waals surface area contributed by atoms with Crippen molar-refractivity contribution >= 4 is 22.7 Å². The Kier molecular flexibility index (Phi) is 4.10. The van der Waals surface area contributed by atoms with Gasteiger partial charge in [-0.2, -0.15) is 0 Å². The highest BCUT2D eigenvalue weighted by Gasteiger charge is 2.21. The van der Waals surface area contributed by atoms with Gasteiger partial charge < -0.3 is 4.57 Å². The number of tetrazole rings is 1. The fourth-order valence-electron chi connectivity index (χ4n) is 3.37. The number of aromatic nitrogens is 5. The lowest BCUT2D eigenvalue weighted by molar-refractivity contribution is 0.307. The zero-order chi connectivity index (χ0) is 16.5. The van der Waals surface area contributed by atoms with E-state index in [4.69, 9.17) is 0 Å². The van der Waals surface area contributed by atoms with E-state index in [1.807, 2.05) is 28.9 Å². The van der Waals surface area contributed by atoms with Crippen LogP contribution in [0.25, 0.3) is 10.9 Å². The molecule has 1 aliphatic carbocycles. The average Bonchev–Trinajstić information content (AvgIpc) is 3.08. The summed E-state index contributed by atoms with van der Waals surface area (Å²) in [5.41, 5.74) is 0.900. The summed E-state index contributed by atoms with van der Waals surface area (Å²) in [6, 6.07) is 9.97. The smallest absolute Gasteiger partial charge is 0.251 e. The quantitative estimate of drug-likeness (QED) is 0.732. The molecule has 0 aliphatic heterocycles. The Bertz CT molecular complexity index is 926. The Morgan fingerprint density at radius 3 is 2.79 bits per heavy atom. The van der Waals surface area contributed by atoms with Gasteiger partial charge in [0.1, 0.15) is 0 Å². The predicted molar refractivity (Wildman–Crippen MR) is 93.3 cm³/mol. The molecule has 2 heterocycles. The van der Waals surface area contributed by atoms with Crippen LogP contribution >= 0.6 is 11.8 Å². The van der Waals surface area contributed by atoms with Crippen molar-refractivity contribution in [2.75, 3.05) is 0 Å². The highest BCUT2D eigenvalue weighted by molar-refractivity contribution is 7.99. The number of rotatable bonds is 3. The summed E-state index contributed by atoms with van der Waals surface area (Å²) in [7, 11) is 1.80. The van der Waals surface area contributed by atoms with Crippen LogP contribution in [0.15, 0.2) is 45.2 Å². The molecule has 1 aliphatic rings. The minimum Gasteiger partial charge on any atom is -0.311 e. The van der Waals surface area contributed by atoms with Gasteiger partial charge in [0.2, 0.25) is 5.16 Å². The molecular formula is C17H19N5OS. The maximum Gasteiger partial charge on any atom is 0.251 e. The number of pyridine rings is 1. The van der Waals surface area contributed by atoms with E-state index >= 15 is 0 Å². The van der Waals surface area contributed by atoms with Gasteiger partial charge in [0.25, 0.3) is 5.56 Å². The van der Waals surface area contributed by atoms with Gasteiger partial charge in [-0.1, -0.05) is 37.5 Å².